The Kier molecular flexibility index (Phi) is 5.41. The zero-order valence-corrected chi connectivity index (χ0v) is 15.0. The van der Waals surface area contributed by atoms with E-state index in [1.165, 1.54) is 6.42 Å². The summed E-state index contributed by atoms with van der Waals surface area (Å²) in [5.74, 6) is 1.03. The lowest BCUT2D eigenvalue weighted by atomic mass is 9.88. The van der Waals surface area contributed by atoms with Crippen LogP contribution < -0.4 is 15.8 Å². The predicted octanol–water partition coefficient (Wildman–Crippen LogP) is 3.59. The topological polar surface area (TPSA) is 77.2 Å². The molecule has 0 radical (unpaired) electrons. The molecule has 5 nitrogen and oxygen atoms in total. The molecule has 1 aromatic carbocycles. The van der Waals surface area contributed by atoms with Crippen LogP contribution in [0.3, 0.4) is 0 Å². The summed E-state index contributed by atoms with van der Waals surface area (Å²) < 4.78 is 5.96. The maximum atomic E-state index is 12.3. The van der Waals surface area contributed by atoms with Gasteiger partial charge in [0.2, 0.25) is 5.91 Å². The second-order valence-electron chi connectivity index (χ2n) is 7.06. The van der Waals surface area contributed by atoms with Crippen LogP contribution in [0.2, 0.25) is 0 Å². The highest BCUT2D eigenvalue weighted by Crippen LogP contribution is 2.30. The van der Waals surface area contributed by atoms with Crippen molar-refractivity contribution in [1.29, 1.82) is 0 Å². The zero-order chi connectivity index (χ0) is 17.8. The first kappa shape index (κ1) is 17.5. The van der Waals surface area contributed by atoms with Crippen LogP contribution in [0.1, 0.15) is 44.7 Å². The number of amides is 1. The first-order chi connectivity index (χ1) is 12.0. The third-order valence-corrected chi connectivity index (χ3v) is 4.81. The number of hydrogen-bond acceptors (Lipinski definition) is 4. The van der Waals surface area contributed by atoms with Gasteiger partial charge in [-0.05, 0) is 44.9 Å². The van der Waals surface area contributed by atoms with Gasteiger partial charge in [0.1, 0.15) is 12.4 Å². The molecule has 3 rings (SSSR count). The summed E-state index contributed by atoms with van der Waals surface area (Å²) in [6.45, 7) is 4.30. The van der Waals surface area contributed by atoms with Crippen molar-refractivity contribution in [2.45, 2.75) is 52.0 Å². The number of aryl methyl sites for hydroxylation is 1. The van der Waals surface area contributed by atoms with Crippen LogP contribution in [0.5, 0.6) is 5.75 Å². The van der Waals surface area contributed by atoms with Gasteiger partial charge >= 0.3 is 0 Å². The Morgan fingerprint density at radius 2 is 2.12 bits per heavy atom. The van der Waals surface area contributed by atoms with Gasteiger partial charge in [0.15, 0.2) is 0 Å². The highest BCUT2D eigenvalue weighted by atomic mass is 16.5. The van der Waals surface area contributed by atoms with Gasteiger partial charge in [-0.25, -0.2) is 0 Å². The SMILES string of the molecule is Cc1cc(N)c2c(OC[C@@H](C)NC(=O)C3CCCCC3)cccc2n1. The van der Waals surface area contributed by atoms with E-state index in [1.54, 1.807) is 0 Å². The second kappa shape index (κ2) is 7.72. The molecule has 1 saturated carbocycles. The van der Waals surface area contributed by atoms with E-state index in [1.807, 2.05) is 38.1 Å². The molecule has 1 aliphatic rings. The minimum absolute atomic E-state index is 0.0516. The van der Waals surface area contributed by atoms with Crippen LogP contribution in [0.15, 0.2) is 24.3 Å². The van der Waals surface area contributed by atoms with E-state index in [9.17, 15) is 4.79 Å². The molecule has 0 aliphatic heterocycles. The molecule has 134 valence electrons. The van der Waals surface area contributed by atoms with E-state index in [4.69, 9.17) is 10.5 Å². The summed E-state index contributed by atoms with van der Waals surface area (Å²) in [4.78, 5) is 16.8. The Balaban J connectivity index is 1.63. The van der Waals surface area contributed by atoms with Crippen molar-refractivity contribution >= 4 is 22.5 Å². The normalized spacial score (nSPS) is 16.6. The van der Waals surface area contributed by atoms with Crippen molar-refractivity contribution in [2.24, 2.45) is 5.92 Å². The molecule has 1 heterocycles. The second-order valence-corrected chi connectivity index (χ2v) is 7.06. The van der Waals surface area contributed by atoms with Gasteiger partial charge < -0.3 is 15.8 Å². The molecule has 0 unspecified atom stereocenters. The number of aromatic nitrogens is 1. The minimum atomic E-state index is -0.0516. The third kappa shape index (κ3) is 4.21. The summed E-state index contributed by atoms with van der Waals surface area (Å²) in [7, 11) is 0. The number of pyridine rings is 1. The molecule has 3 N–H and O–H groups in total. The van der Waals surface area contributed by atoms with E-state index in [-0.39, 0.29) is 17.9 Å². The van der Waals surface area contributed by atoms with Crippen LogP contribution in [0.25, 0.3) is 10.9 Å². The number of benzene rings is 1. The highest BCUT2D eigenvalue weighted by Gasteiger charge is 2.22. The van der Waals surface area contributed by atoms with Crippen LogP contribution in [0.4, 0.5) is 5.69 Å². The summed E-state index contributed by atoms with van der Waals surface area (Å²) in [5.41, 5.74) is 8.53. The maximum Gasteiger partial charge on any atom is 0.223 e. The molecule has 25 heavy (non-hydrogen) atoms. The fourth-order valence-corrected chi connectivity index (χ4v) is 3.52. The van der Waals surface area contributed by atoms with E-state index < -0.39 is 0 Å². The summed E-state index contributed by atoms with van der Waals surface area (Å²) in [6.07, 6.45) is 5.57. The van der Waals surface area contributed by atoms with E-state index in [0.29, 0.717) is 18.0 Å². The molecule has 1 fully saturated rings. The minimum Gasteiger partial charge on any atom is -0.491 e. The lowest BCUT2D eigenvalue weighted by Gasteiger charge is -2.23. The van der Waals surface area contributed by atoms with Gasteiger partial charge in [-0.1, -0.05) is 25.3 Å². The molecular formula is C20H27N3O2. The van der Waals surface area contributed by atoms with Crippen molar-refractivity contribution in [3.63, 3.8) is 0 Å². The number of ether oxygens (including phenoxy) is 1. The smallest absolute Gasteiger partial charge is 0.223 e. The molecular weight excluding hydrogens is 314 g/mol. The lowest BCUT2D eigenvalue weighted by molar-refractivity contribution is -0.126. The van der Waals surface area contributed by atoms with Crippen molar-refractivity contribution in [1.82, 2.24) is 10.3 Å². The number of nitrogens with two attached hydrogens (primary N) is 1. The van der Waals surface area contributed by atoms with Crippen LogP contribution in [-0.2, 0) is 4.79 Å². The number of rotatable bonds is 5. The number of fused-ring (bicyclic) bond motifs is 1. The van der Waals surface area contributed by atoms with Gasteiger partial charge in [-0.3, -0.25) is 9.78 Å². The van der Waals surface area contributed by atoms with Crippen LogP contribution >= 0.6 is 0 Å². The fraction of sp³-hybridized carbons (Fsp3) is 0.500. The molecule has 1 atom stereocenters. The first-order valence-electron chi connectivity index (χ1n) is 9.13. The van der Waals surface area contributed by atoms with Gasteiger partial charge in [0.25, 0.3) is 0 Å². The lowest BCUT2D eigenvalue weighted by Crippen LogP contribution is -2.40. The standard InChI is InChI=1S/C20H27N3O2/c1-13-11-16(21)19-17(22-13)9-6-10-18(19)25-12-14(2)23-20(24)15-7-4-3-5-8-15/h6,9-11,14-15H,3-5,7-8,12H2,1-2H3,(H2,21,22)(H,23,24)/t14-/m1/s1. The van der Waals surface area contributed by atoms with Gasteiger partial charge in [0.05, 0.1) is 16.9 Å². The monoisotopic (exact) mass is 341 g/mol. The number of carbonyl (C=O) groups excluding carboxylic acids is 1. The Morgan fingerprint density at radius 1 is 1.36 bits per heavy atom. The van der Waals surface area contributed by atoms with Crippen molar-refractivity contribution < 1.29 is 9.53 Å². The Morgan fingerprint density at radius 3 is 2.88 bits per heavy atom. The summed E-state index contributed by atoms with van der Waals surface area (Å²) in [6, 6.07) is 7.54. The van der Waals surface area contributed by atoms with Crippen LogP contribution in [-0.4, -0.2) is 23.5 Å². The van der Waals surface area contributed by atoms with Crippen molar-refractivity contribution in [3.8, 4) is 5.75 Å². The fourth-order valence-electron chi connectivity index (χ4n) is 3.52. The van der Waals surface area contributed by atoms with Crippen molar-refractivity contribution in [3.05, 3.63) is 30.0 Å². The molecule has 5 heteroatoms. The number of nitrogen functional groups attached to an aromatic ring is 1. The predicted molar refractivity (Wildman–Crippen MR) is 101 cm³/mol. The highest BCUT2D eigenvalue weighted by molar-refractivity contribution is 5.95. The van der Waals surface area contributed by atoms with Gasteiger partial charge in [-0.2, -0.15) is 0 Å². The summed E-state index contributed by atoms with van der Waals surface area (Å²) >= 11 is 0. The van der Waals surface area contributed by atoms with Crippen LogP contribution in [0, 0.1) is 12.8 Å². The molecule has 0 saturated heterocycles. The molecule has 0 spiro atoms. The Labute approximate surface area is 149 Å². The number of nitrogens with one attached hydrogen (secondary N) is 1. The van der Waals surface area contributed by atoms with Gasteiger partial charge in [-0.15, -0.1) is 0 Å². The quantitative estimate of drug-likeness (QED) is 0.871. The van der Waals surface area contributed by atoms with Crippen molar-refractivity contribution in [2.75, 3.05) is 12.3 Å². The summed E-state index contributed by atoms with van der Waals surface area (Å²) in [5, 5.41) is 3.91. The molecule has 1 aliphatic carbocycles. The number of hydrogen-bond donors (Lipinski definition) is 2. The third-order valence-electron chi connectivity index (χ3n) is 4.81. The average molecular weight is 341 g/mol. The Hall–Kier alpha value is -2.30. The van der Waals surface area contributed by atoms with E-state index >= 15 is 0 Å². The molecule has 2 aromatic rings. The van der Waals surface area contributed by atoms with Gasteiger partial charge in [0, 0.05) is 17.3 Å². The Bertz CT molecular complexity index is 754. The number of carbonyl (C=O) groups is 1. The first-order valence-corrected chi connectivity index (χ1v) is 9.13. The molecule has 1 aromatic heterocycles. The average Bonchev–Trinajstić information content (AvgIpc) is 2.60. The largest absolute Gasteiger partial charge is 0.491 e. The van der Waals surface area contributed by atoms with E-state index in [0.717, 1.165) is 42.3 Å². The zero-order valence-electron chi connectivity index (χ0n) is 15.0. The molecule has 0 bridgehead atoms. The molecule has 1 amide bonds. The number of nitrogens with zero attached hydrogens (tertiary/aromatic N) is 1. The number of anilines is 1. The maximum absolute atomic E-state index is 12.3. The van der Waals surface area contributed by atoms with E-state index in [2.05, 4.69) is 10.3 Å².